The maximum Gasteiger partial charge on any atom is 0.410 e. The van der Waals surface area contributed by atoms with Gasteiger partial charge in [0.05, 0.1) is 0 Å². The van der Waals surface area contributed by atoms with Gasteiger partial charge in [0.25, 0.3) is 0 Å². The Hall–Kier alpha value is -1.50. The van der Waals surface area contributed by atoms with Crippen molar-refractivity contribution in [3.8, 4) is 12.3 Å². The fourth-order valence-corrected chi connectivity index (χ4v) is 2.34. The van der Waals surface area contributed by atoms with Crippen LogP contribution in [0.3, 0.4) is 0 Å². The van der Waals surface area contributed by atoms with Gasteiger partial charge in [-0.1, -0.05) is 0 Å². The first-order valence-corrected chi connectivity index (χ1v) is 6.67. The SMILES string of the molecule is C#CCC1(CC=O)CCN(C(=O)OC(C)(C)C)CC1. The lowest BCUT2D eigenvalue weighted by atomic mass is 9.74. The summed E-state index contributed by atoms with van der Waals surface area (Å²) in [6.07, 6.45) is 8.61. The number of carbonyl (C=O) groups is 2. The smallest absolute Gasteiger partial charge is 0.410 e. The molecule has 0 saturated carbocycles. The first kappa shape index (κ1) is 15.6. The monoisotopic (exact) mass is 265 g/mol. The third-order valence-electron chi connectivity index (χ3n) is 3.47. The van der Waals surface area contributed by atoms with E-state index in [4.69, 9.17) is 11.2 Å². The molecule has 0 aromatic rings. The van der Waals surface area contributed by atoms with E-state index in [2.05, 4.69) is 5.92 Å². The zero-order valence-corrected chi connectivity index (χ0v) is 12.1. The number of hydrogen-bond acceptors (Lipinski definition) is 3. The molecule has 1 aliphatic rings. The van der Waals surface area contributed by atoms with E-state index in [1.54, 1.807) is 4.90 Å². The minimum Gasteiger partial charge on any atom is -0.444 e. The average molecular weight is 265 g/mol. The van der Waals surface area contributed by atoms with Crippen molar-refractivity contribution < 1.29 is 14.3 Å². The van der Waals surface area contributed by atoms with E-state index < -0.39 is 5.60 Å². The summed E-state index contributed by atoms with van der Waals surface area (Å²) in [5.74, 6) is 2.65. The molecule has 0 bridgehead atoms. The second kappa shape index (κ2) is 6.10. The molecule has 1 saturated heterocycles. The summed E-state index contributed by atoms with van der Waals surface area (Å²) in [6.45, 7) is 6.76. The van der Waals surface area contributed by atoms with Crippen molar-refractivity contribution in [3.63, 3.8) is 0 Å². The summed E-state index contributed by atoms with van der Waals surface area (Å²) >= 11 is 0. The van der Waals surface area contributed by atoms with Gasteiger partial charge in [-0.3, -0.25) is 0 Å². The predicted octanol–water partition coefficient (Wildman–Crippen LogP) is 2.62. The van der Waals surface area contributed by atoms with Gasteiger partial charge in [0.15, 0.2) is 0 Å². The van der Waals surface area contributed by atoms with Gasteiger partial charge >= 0.3 is 6.09 Å². The Morgan fingerprint density at radius 2 is 2.00 bits per heavy atom. The highest BCUT2D eigenvalue weighted by Gasteiger charge is 2.36. The van der Waals surface area contributed by atoms with E-state index >= 15 is 0 Å². The minimum absolute atomic E-state index is 0.130. The van der Waals surface area contributed by atoms with Gasteiger partial charge in [0, 0.05) is 25.9 Å². The van der Waals surface area contributed by atoms with Gasteiger partial charge in [-0.05, 0) is 39.0 Å². The maximum absolute atomic E-state index is 11.9. The number of aldehydes is 1. The molecule has 0 spiro atoms. The van der Waals surface area contributed by atoms with Crippen molar-refractivity contribution in [2.24, 2.45) is 5.41 Å². The molecule has 4 heteroatoms. The highest BCUT2D eigenvalue weighted by molar-refractivity contribution is 5.68. The molecule has 0 unspecified atom stereocenters. The third kappa shape index (κ3) is 4.59. The van der Waals surface area contributed by atoms with Gasteiger partial charge in [0.2, 0.25) is 0 Å². The van der Waals surface area contributed by atoms with Crippen molar-refractivity contribution in [1.29, 1.82) is 0 Å². The van der Waals surface area contributed by atoms with E-state index in [-0.39, 0.29) is 11.5 Å². The van der Waals surface area contributed by atoms with Gasteiger partial charge in [-0.15, -0.1) is 12.3 Å². The quantitative estimate of drug-likeness (QED) is 0.582. The summed E-state index contributed by atoms with van der Waals surface area (Å²) in [6, 6.07) is 0. The molecule has 0 radical (unpaired) electrons. The lowest BCUT2D eigenvalue weighted by Gasteiger charge is -2.40. The van der Waals surface area contributed by atoms with Crippen molar-refractivity contribution in [1.82, 2.24) is 4.90 Å². The standard InChI is InChI=1S/C15H23NO3/c1-5-6-15(9-12-17)7-10-16(11-8-15)13(18)19-14(2,3)4/h1,12H,6-11H2,2-4H3. The van der Waals surface area contributed by atoms with Gasteiger partial charge in [-0.25, -0.2) is 4.79 Å². The van der Waals surface area contributed by atoms with Crippen molar-refractivity contribution >= 4 is 12.4 Å². The van der Waals surface area contributed by atoms with Crippen LogP contribution in [0.15, 0.2) is 0 Å². The molecular formula is C15H23NO3. The molecule has 1 aliphatic heterocycles. The second-order valence-electron chi connectivity index (χ2n) is 6.22. The number of terminal acetylenes is 1. The topological polar surface area (TPSA) is 46.6 Å². The van der Waals surface area contributed by atoms with Gasteiger partial charge in [0.1, 0.15) is 11.9 Å². The number of ether oxygens (including phenoxy) is 1. The normalized spacial score (nSPS) is 18.5. The van der Waals surface area contributed by atoms with Crippen molar-refractivity contribution in [3.05, 3.63) is 0 Å². The van der Waals surface area contributed by atoms with Crippen LogP contribution in [0.1, 0.15) is 46.5 Å². The highest BCUT2D eigenvalue weighted by Crippen LogP contribution is 2.37. The van der Waals surface area contributed by atoms with E-state index in [9.17, 15) is 9.59 Å². The zero-order chi connectivity index (χ0) is 14.5. The molecule has 0 aromatic heterocycles. The van der Waals surface area contributed by atoms with E-state index in [0.29, 0.717) is 25.9 Å². The molecule has 1 amide bonds. The van der Waals surface area contributed by atoms with Crippen LogP contribution < -0.4 is 0 Å². The molecule has 106 valence electrons. The Balaban J connectivity index is 2.58. The van der Waals surface area contributed by atoms with Crippen LogP contribution in [0.2, 0.25) is 0 Å². The van der Waals surface area contributed by atoms with Crippen LogP contribution in [-0.4, -0.2) is 36.0 Å². The van der Waals surface area contributed by atoms with Crippen LogP contribution in [-0.2, 0) is 9.53 Å². The lowest BCUT2D eigenvalue weighted by molar-refractivity contribution is -0.110. The van der Waals surface area contributed by atoms with E-state index in [1.165, 1.54) is 0 Å². The van der Waals surface area contributed by atoms with Gasteiger partial charge < -0.3 is 14.4 Å². The number of amides is 1. The Labute approximate surface area is 115 Å². The largest absolute Gasteiger partial charge is 0.444 e. The average Bonchev–Trinajstić information content (AvgIpc) is 2.28. The molecule has 1 fully saturated rings. The molecule has 0 N–H and O–H groups in total. The summed E-state index contributed by atoms with van der Waals surface area (Å²) in [4.78, 5) is 24.4. The minimum atomic E-state index is -0.479. The molecule has 0 aromatic carbocycles. The molecule has 1 heterocycles. The van der Waals surface area contributed by atoms with Crippen LogP contribution >= 0.6 is 0 Å². The number of hydrogen-bond donors (Lipinski definition) is 0. The van der Waals surface area contributed by atoms with Crippen LogP contribution in [0.4, 0.5) is 4.79 Å². The second-order valence-corrected chi connectivity index (χ2v) is 6.22. The molecule has 0 aliphatic carbocycles. The molecule has 1 rings (SSSR count). The fraction of sp³-hybridized carbons (Fsp3) is 0.733. The first-order chi connectivity index (χ1) is 8.82. The van der Waals surface area contributed by atoms with E-state index in [0.717, 1.165) is 19.1 Å². The molecule has 19 heavy (non-hydrogen) atoms. The van der Waals surface area contributed by atoms with Crippen LogP contribution in [0, 0.1) is 17.8 Å². The molecular weight excluding hydrogens is 242 g/mol. The Kier molecular flexibility index (Phi) is 4.99. The number of nitrogens with zero attached hydrogens (tertiary/aromatic N) is 1. The van der Waals surface area contributed by atoms with Crippen LogP contribution in [0.25, 0.3) is 0 Å². The zero-order valence-electron chi connectivity index (χ0n) is 12.1. The summed E-state index contributed by atoms with van der Waals surface area (Å²) < 4.78 is 5.34. The summed E-state index contributed by atoms with van der Waals surface area (Å²) in [7, 11) is 0. The van der Waals surface area contributed by atoms with Crippen molar-refractivity contribution in [2.45, 2.75) is 52.1 Å². The summed E-state index contributed by atoms with van der Waals surface area (Å²) in [5, 5.41) is 0. The maximum atomic E-state index is 11.9. The lowest BCUT2D eigenvalue weighted by Crippen LogP contribution is -2.45. The number of piperidine rings is 1. The molecule has 0 atom stereocenters. The summed E-state index contributed by atoms with van der Waals surface area (Å²) in [5.41, 5.74) is -0.609. The predicted molar refractivity (Wildman–Crippen MR) is 73.6 cm³/mol. The molecule has 4 nitrogen and oxygen atoms in total. The number of rotatable bonds is 3. The number of carbonyl (C=O) groups excluding carboxylic acids is 2. The Morgan fingerprint density at radius 3 is 2.42 bits per heavy atom. The number of likely N-dealkylation sites (tertiary alicyclic amines) is 1. The van der Waals surface area contributed by atoms with Gasteiger partial charge in [-0.2, -0.15) is 0 Å². The van der Waals surface area contributed by atoms with E-state index in [1.807, 2.05) is 20.8 Å². The van der Waals surface area contributed by atoms with Crippen LogP contribution in [0.5, 0.6) is 0 Å². The highest BCUT2D eigenvalue weighted by atomic mass is 16.6. The Morgan fingerprint density at radius 1 is 1.42 bits per heavy atom. The third-order valence-corrected chi connectivity index (χ3v) is 3.47. The fourth-order valence-electron chi connectivity index (χ4n) is 2.34. The Bertz CT molecular complexity index is 368. The van der Waals surface area contributed by atoms with Crippen molar-refractivity contribution in [2.75, 3.05) is 13.1 Å². The first-order valence-electron chi connectivity index (χ1n) is 6.67.